The zero-order valence-corrected chi connectivity index (χ0v) is 14.4. The molecule has 0 spiro atoms. The molecule has 0 atom stereocenters. The van der Waals surface area contributed by atoms with Gasteiger partial charge in [0, 0.05) is 38.0 Å². The van der Waals surface area contributed by atoms with Gasteiger partial charge >= 0.3 is 0 Å². The summed E-state index contributed by atoms with van der Waals surface area (Å²) in [6.45, 7) is 2.76. The predicted molar refractivity (Wildman–Crippen MR) is 100 cm³/mol. The van der Waals surface area contributed by atoms with Gasteiger partial charge in [-0.25, -0.2) is 0 Å². The van der Waals surface area contributed by atoms with Crippen molar-refractivity contribution in [2.75, 3.05) is 48.9 Å². The lowest BCUT2D eigenvalue weighted by Gasteiger charge is -2.30. The van der Waals surface area contributed by atoms with Crippen LogP contribution in [0.2, 0.25) is 0 Å². The Kier molecular flexibility index (Phi) is 5.33. The number of nitro benzene ring substituents is 1. The number of nitro groups is 1. The van der Waals surface area contributed by atoms with Crippen molar-refractivity contribution >= 4 is 28.7 Å². The SMILES string of the molecule is CNc1ccc([N+](=O)[O-])cc1C(=O)Nc1ccccc1N1CCOCC1. The number of para-hydroxylation sites is 2. The largest absolute Gasteiger partial charge is 0.387 e. The number of nitrogens with one attached hydrogen (secondary N) is 2. The van der Waals surface area contributed by atoms with E-state index in [1.54, 1.807) is 7.05 Å². The highest BCUT2D eigenvalue weighted by atomic mass is 16.6. The van der Waals surface area contributed by atoms with Crippen molar-refractivity contribution in [3.63, 3.8) is 0 Å². The van der Waals surface area contributed by atoms with Gasteiger partial charge in [-0.2, -0.15) is 0 Å². The molecular formula is C18H20N4O4. The van der Waals surface area contributed by atoms with Crippen molar-refractivity contribution in [3.05, 3.63) is 58.1 Å². The van der Waals surface area contributed by atoms with Gasteiger partial charge in [-0.1, -0.05) is 12.1 Å². The minimum atomic E-state index is -0.516. The molecule has 26 heavy (non-hydrogen) atoms. The minimum absolute atomic E-state index is 0.129. The Morgan fingerprint density at radius 1 is 1.15 bits per heavy atom. The second kappa shape index (κ2) is 7.83. The number of amides is 1. The summed E-state index contributed by atoms with van der Waals surface area (Å²) in [7, 11) is 1.67. The highest BCUT2D eigenvalue weighted by Gasteiger charge is 2.19. The number of rotatable bonds is 5. The molecule has 1 amide bonds. The fourth-order valence-corrected chi connectivity index (χ4v) is 2.90. The van der Waals surface area contributed by atoms with Crippen molar-refractivity contribution in [2.24, 2.45) is 0 Å². The summed E-state index contributed by atoms with van der Waals surface area (Å²) in [6, 6.07) is 11.7. The van der Waals surface area contributed by atoms with E-state index >= 15 is 0 Å². The molecule has 8 nitrogen and oxygen atoms in total. The summed E-state index contributed by atoms with van der Waals surface area (Å²) in [5.74, 6) is -0.404. The molecule has 1 fully saturated rings. The average molecular weight is 356 g/mol. The van der Waals surface area contributed by atoms with Crippen molar-refractivity contribution in [1.29, 1.82) is 0 Å². The first kappa shape index (κ1) is 17.7. The van der Waals surface area contributed by atoms with Crippen LogP contribution in [0.5, 0.6) is 0 Å². The van der Waals surface area contributed by atoms with Crippen LogP contribution in [0.15, 0.2) is 42.5 Å². The Balaban J connectivity index is 1.89. The Morgan fingerprint density at radius 2 is 1.88 bits per heavy atom. The van der Waals surface area contributed by atoms with Crippen LogP contribution >= 0.6 is 0 Å². The summed E-state index contributed by atoms with van der Waals surface area (Å²) >= 11 is 0. The van der Waals surface area contributed by atoms with E-state index in [1.165, 1.54) is 18.2 Å². The van der Waals surface area contributed by atoms with Crippen molar-refractivity contribution in [2.45, 2.75) is 0 Å². The maximum absolute atomic E-state index is 12.8. The molecule has 136 valence electrons. The first-order valence-electron chi connectivity index (χ1n) is 8.29. The van der Waals surface area contributed by atoms with Gasteiger partial charge in [0.2, 0.25) is 0 Å². The maximum atomic E-state index is 12.8. The van der Waals surface area contributed by atoms with E-state index in [4.69, 9.17) is 4.74 Å². The van der Waals surface area contributed by atoms with Crippen molar-refractivity contribution in [1.82, 2.24) is 0 Å². The lowest BCUT2D eigenvalue weighted by Crippen LogP contribution is -2.36. The lowest BCUT2D eigenvalue weighted by molar-refractivity contribution is -0.384. The molecule has 0 saturated carbocycles. The van der Waals surface area contributed by atoms with Gasteiger partial charge in [0.1, 0.15) is 0 Å². The average Bonchev–Trinajstić information content (AvgIpc) is 2.68. The van der Waals surface area contributed by atoms with E-state index in [0.717, 1.165) is 18.8 Å². The Bertz CT molecular complexity index is 819. The lowest BCUT2D eigenvalue weighted by atomic mass is 10.1. The number of morpholine rings is 1. The third kappa shape index (κ3) is 3.75. The summed E-state index contributed by atoms with van der Waals surface area (Å²) in [6.07, 6.45) is 0. The normalized spacial score (nSPS) is 14.0. The minimum Gasteiger partial charge on any atom is -0.387 e. The van der Waals surface area contributed by atoms with Gasteiger partial charge in [0.05, 0.1) is 35.1 Å². The van der Waals surface area contributed by atoms with Crippen LogP contribution in [-0.4, -0.2) is 44.2 Å². The van der Waals surface area contributed by atoms with E-state index < -0.39 is 10.8 Å². The number of carbonyl (C=O) groups is 1. The molecule has 2 aromatic rings. The molecule has 0 radical (unpaired) electrons. The summed E-state index contributed by atoms with van der Waals surface area (Å²) in [5.41, 5.74) is 2.18. The quantitative estimate of drug-likeness (QED) is 0.632. The monoisotopic (exact) mass is 356 g/mol. The topological polar surface area (TPSA) is 96.7 Å². The van der Waals surface area contributed by atoms with Crippen LogP contribution in [-0.2, 0) is 4.74 Å². The third-order valence-electron chi connectivity index (χ3n) is 4.23. The second-order valence-corrected chi connectivity index (χ2v) is 5.81. The number of anilines is 3. The van der Waals surface area contributed by atoms with E-state index in [0.29, 0.717) is 24.6 Å². The van der Waals surface area contributed by atoms with E-state index in [1.807, 2.05) is 24.3 Å². The molecule has 8 heteroatoms. The molecular weight excluding hydrogens is 336 g/mol. The molecule has 0 aromatic heterocycles. The number of ether oxygens (including phenoxy) is 1. The van der Waals surface area contributed by atoms with Gasteiger partial charge < -0.3 is 20.3 Å². The summed E-state index contributed by atoms with van der Waals surface area (Å²) < 4.78 is 5.38. The molecule has 0 aliphatic carbocycles. The Hall–Kier alpha value is -3.13. The van der Waals surface area contributed by atoms with Crippen molar-refractivity contribution in [3.8, 4) is 0 Å². The summed E-state index contributed by atoms with van der Waals surface area (Å²) in [5, 5.41) is 16.8. The molecule has 0 bridgehead atoms. The van der Waals surface area contributed by atoms with E-state index in [9.17, 15) is 14.9 Å². The number of hydrogen-bond acceptors (Lipinski definition) is 6. The van der Waals surface area contributed by atoms with Gasteiger partial charge in [0.25, 0.3) is 11.6 Å². The zero-order chi connectivity index (χ0) is 18.5. The molecule has 2 N–H and O–H groups in total. The van der Waals surface area contributed by atoms with Gasteiger partial charge in [-0.05, 0) is 18.2 Å². The highest BCUT2D eigenvalue weighted by molar-refractivity contribution is 6.09. The first-order valence-corrected chi connectivity index (χ1v) is 8.29. The molecule has 1 saturated heterocycles. The maximum Gasteiger partial charge on any atom is 0.270 e. The molecule has 3 rings (SSSR count). The number of non-ortho nitro benzene ring substituents is 1. The number of carbonyl (C=O) groups excluding carboxylic acids is 1. The van der Waals surface area contributed by atoms with Gasteiger partial charge in [0.15, 0.2) is 0 Å². The first-order chi connectivity index (χ1) is 12.6. The fraction of sp³-hybridized carbons (Fsp3) is 0.278. The molecule has 1 aliphatic heterocycles. The second-order valence-electron chi connectivity index (χ2n) is 5.81. The van der Waals surface area contributed by atoms with Crippen LogP contribution in [0.1, 0.15) is 10.4 Å². The zero-order valence-electron chi connectivity index (χ0n) is 14.4. The standard InChI is InChI=1S/C18H20N4O4/c1-19-15-7-6-13(22(24)25)12-14(15)18(23)20-16-4-2-3-5-17(16)21-8-10-26-11-9-21/h2-7,12,19H,8-11H2,1H3,(H,20,23). The fourth-order valence-electron chi connectivity index (χ4n) is 2.90. The third-order valence-corrected chi connectivity index (χ3v) is 4.23. The summed E-state index contributed by atoms with van der Waals surface area (Å²) in [4.78, 5) is 25.4. The smallest absolute Gasteiger partial charge is 0.270 e. The van der Waals surface area contributed by atoms with Crippen molar-refractivity contribution < 1.29 is 14.5 Å². The molecule has 1 aliphatic rings. The Labute approximate surface area is 150 Å². The van der Waals surface area contributed by atoms with Crippen LogP contribution in [0.3, 0.4) is 0 Å². The molecule has 1 heterocycles. The van der Waals surface area contributed by atoms with E-state index in [-0.39, 0.29) is 11.3 Å². The van der Waals surface area contributed by atoms with Gasteiger partial charge in [-0.15, -0.1) is 0 Å². The predicted octanol–water partition coefficient (Wildman–Crippen LogP) is 2.73. The Morgan fingerprint density at radius 3 is 2.58 bits per heavy atom. The van der Waals surface area contributed by atoms with Crippen LogP contribution in [0, 0.1) is 10.1 Å². The number of hydrogen-bond donors (Lipinski definition) is 2. The van der Waals surface area contributed by atoms with Crippen LogP contribution in [0.25, 0.3) is 0 Å². The molecule has 0 unspecified atom stereocenters. The number of benzene rings is 2. The van der Waals surface area contributed by atoms with Crippen LogP contribution < -0.4 is 15.5 Å². The number of nitrogens with zero attached hydrogens (tertiary/aromatic N) is 2. The van der Waals surface area contributed by atoms with E-state index in [2.05, 4.69) is 15.5 Å². The van der Waals surface area contributed by atoms with Gasteiger partial charge in [-0.3, -0.25) is 14.9 Å². The van der Waals surface area contributed by atoms with Crippen LogP contribution in [0.4, 0.5) is 22.7 Å². The molecule has 2 aromatic carbocycles. The highest BCUT2D eigenvalue weighted by Crippen LogP contribution is 2.28.